The summed E-state index contributed by atoms with van der Waals surface area (Å²) >= 11 is 0. The highest BCUT2D eigenvalue weighted by Gasteiger charge is 2.07. The maximum absolute atomic E-state index is 5.33. The van der Waals surface area contributed by atoms with Crippen LogP contribution < -0.4 is 0 Å². The zero-order valence-electron chi connectivity index (χ0n) is 11.6. The molecule has 0 aliphatic carbocycles. The average molecular weight is 264 g/mol. The topological polar surface area (TPSA) is 35.0 Å². The van der Waals surface area contributed by atoms with Crippen LogP contribution >= 0.6 is 0 Å². The van der Waals surface area contributed by atoms with E-state index in [1.165, 1.54) is 0 Å². The lowest BCUT2D eigenvalue weighted by molar-refractivity contribution is 0.119. The fraction of sp³-hybridized carbons (Fsp3) is 0.176. The lowest BCUT2D eigenvalue weighted by atomic mass is 10.0. The molecule has 100 valence electrons. The maximum Gasteiger partial charge on any atom is 0.0795 e. The normalized spacial score (nSPS) is 12.5. The third-order valence-electron chi connectivity index (χ3n) is 3.54. The van der Waals surface area contributed by atoms with Crippen LogP contribution in [0, 0.1) is 0 Å². The number of nitrogens with zero attached hydrogens (tertiary/aromatic N) is 2. The minimum absolute atomic E-state index is 0.103. The van der Waals surface area contributed by atoms with E-state index in [1.807, 2.05) is 19.1 Å². The summed E-state index contributed by atoms with van der Waals surface area (Å²) in [7, 11) is 1.72. The SMILES string of the molecule is COC(C)c1ccc(-c2nccc3ncccc23)cc1. The maximum atomic E-state index is 5.33. The summed E-state index contributed by atoms with van der Waals surface area (Å²) in [6, 6.07) is 14.3. The molecule has 3 nitrogen and oxygen atoms in total. The largest absolute Gasteiger partial charge is 0.377 e. The van der Waals surface area contributed by atoms with E-state index in [2.05, 4.69) is 40.3 Å². The molecule has 0 spiro atoms. The Morgan fingerprint density at radius 2 is 1.75 bits per heavy atom. The lowest BCUT2D eigenvalue weighted by Crippen LogP contribution is -1.95. The molecule has 0 N–H and O–H groups in total. The van der Waals surface area contributed by atoms with Crippen LogP contribution in [0.3, 0.4) is 0 Å². The molecule has 0 aliphatic rings. The summed E-state index contributed by atoms with van der Waals surface area (Å²) in [6.45, 7) is 2.04. The van der Waals surface area contributed by atoms with Gasteiger partial charge in [0.1, 0.15) is 0 Å². The number of hydrogen-bond donors (Lipinski definition) is 0. The molecule has 0 fully saturated rings. The molecule has 3 heteroatoms. The quantitative estimate of drug-likeness (QED) is 0.717. The Morgan fingerprint density at radius 1 is 0.950 bits per heavy atom. The van der Waals surface area contributed by atoms with Gasteiger partial charge in [0.15, 0.2) is 0 Å². The van der Waals surface area contributed by atoms with Crippen molar-refractivity contribution in [2.45, 2.75) is 13.0 Å². The third-order valence-corrected chi connectivity index (χ3v) is 3.54. The second-order valence-electron chi connectivity index (χ2n) is 4.73. The monoisotopic (exact) mass is 264 g/mol. The molecule has 1 atom stereocenters. The van der Waals surface area contributed by atoms with Gasteiger partial charge in [0.05, 0.1) is 17.3 Å². The Balaban J connectivity index is 2.07. The molecule has 0 bridgehead atoms. The number of pyridine rings is 2. The predicted octanol–water partition coefficient (Wildman–Crippen LogP) is 4.00. The second-order valence-corrected chi connectivity index (χ2v) is 4.73. The van der Waals surface area contributed by atoms with Crippen LogP contribution in [0.15, 0.2) is 54.9 Å². The van der Waals surface area contributed by atoms with Crippen LogP contribution in [-0.2, 0) is 4.74 Å². The standard InChI is InChI=1S/C17H16N2O/c1-12(20-2)13-5-7-14(8-6-13)17-15-4-3-10-18-16(15)9-11-19-17/h3-12H,1-2H3. The molecular weight excluding hydrogens is 248 g/mol. The smallest absolute Gasteiger partial charge is 0.0795 e. The number of fused-ring (bicyclic) bond motifs is 1. The summed E-state index contributed by atoms with van der Waals surface area (Å²) < 4.78 is 5.33. The molecule has 20 heavy (non-hydrogen) atoms. The minimum atomic E-state index is 0.103. The first kappa shape index (κ1) is 12.8. The average Bonchev–Trinajstić information content (AvgIpc) is 2.54. The summed E-state index contributed by atoms with van der Waals surface area (Å²) in [5, 5.41) is 1.07. The van der Waals surface area contributed by atoms with Gasteiger partial charge in [-0.25, -0.2) is 0 Å². The molecule has 1 aromatic carbocycles. The lowest BCUT2D eigenvalue weighted by Gasteiger charge is -2.11. The summed E-state index contributed by atoms with van der Waals surface area (Å²) in [5.41, 5.74) is 4.18. The highest BCUT2D eigenvalue weighted by molar-refractivity contribution is 5.91. The van der Waals surface area contributed by atoms with Crippen LogP contribution in [0.25, 0.3) is 22.2 Å². The van der Waals surface area contributed by atoms with Gasteiger partial charge in [0.2, 0.25) is 0 Å². The van der Waals surface area contributed by atoms with Crippen LogP contribution in [0.1, 0.15) is 18.6 Å². The Labute approximate surface area is 118 Å². The van der Waals surface area contributed by atoms with Gasteiger partial charge in [0.25, 0.3) is 0 Å². The van der Waals surface area contributed by atoms with Gasteiger partial charge in [-0.3, -0.25) is 9.97 Å². The van der Waals surface area contributed by atoms with Crippen LogP contribution in [0.5, 0.6) is 0 Å². The van der Waals surface area contributed by atoms with E-state index in [0.29, 0.717) is 0 Å². The van der Waals surface area contributed by atoms with E-state index in [1.54, 1.807) is 19.5 Å². The van der Waals surface area contributed by atoms with Crippen molar-refractivity contribution in [1.29, 1.82) is 0 Å². The fourth-order valence-electron chi connectivity index (χ4n) is 2.28. The van der Waals surface area contributed by atoms with Gasteiger partial charge in [-0.1, -0.05) is 24.3 Å². The number of rotatable bonds is 3. The highest BCUT2D eigenvalue weighted by Crippen LogP contribution is 2.26. The van der Waals surface area contributed by atoms with Gasteiger partial charge in [0, 0.05) is 30.5 Å². The van der Waals surface area contributed by atoms with Gasteiger partial charge in [-0.2, -0.15) is 0 Å². The Kier molecular flexibility index (Phi) is 3.44. The molecule has 3 aromatic rings. The van der Waals surface area contributed by atoms with Gasteiger partial charge < -0.3 is 4.74 Å². The van der Waals surface area contributed by atoms with Crippen molar-refractivity contribution in [1.82, 2.24) is 9.97 Å². The summed E-state index contributed by atoms with van der Waals surface area (Å²) in [5.74, 6) is 0. The van der Waals surface area contributed by atoms with Gasteiger partial charge in [-0.05, 0) is 30.7 Å². The summed E-state index contributed by atoms with van der Waals surface area (Å²) in [4.78, 5) is 8.87. The van der Waals surface area contributed by atoms with E-state index in [-0.39, 0.29) is 6.10 Å². The molecule has 3 rings (SSSR count). The van der Waals surface area contributed by atoms with E-state index in [0.717, 1.165) is 27.7 Å². The Hall–Kier alpha value is -2.26. The predicted molar refractivity (Wildman–Crippen MR) is 80.4 cm³/mol. The molecule has 0 amide bonds. The van der Waals surface area contributed by atoms with Crippen LogP contribution in [-0.4, -0.2) is 17.1 Å². The van der Waals surface area contributed by atoms with Crippen molar-refractivity contribution in [3.63, 3.8) is 0 Å². The first-order chi connectivity index (χ1) is 9.79. The van der Waals surface area contributed by atoms with Crippen molar-refractivity contribution in [3.05, 3.63) is 60.4 Å². The van der Waals surface area contributed by atoms with E-state index in [9.17, 15) is 0 Å². The molecule has 2 aromatic heterocycles. The van der Waals surface area contributed by atoms with Crippen LogP contribution in [0.2, 0.25) is 0 Å². The number of benzene rings is 1. The molecule has 2 heterocycles. The van der Waals surface area contributed by atoms with E-state index >= 15 is 0 Å². The molecule has 0 aliphatic heterocycles. The van der Waals surface area contributed by atoms with Crippen molar-refractivity contribution in [2.75, 3.05) is 7.11 Å². The number of methoxy groups -OCH3 is 1. The van der Waals surface area contributed by atoms with Crippen molar-refractivity contribution >= 4 is 10.9 Å². The molecule has 0 radical (unpaired) electrons. The first-order valence-corrected chi connectivity index (χ1v) is 6.62. The van der Waals surface area contributed by atoms with E-state index in [4.69, 9.17) is 4.74 Å². The zero-order valence-corrected chi connectivity index (χ0v) is 11.6. The van der Waals surface area contributed by atoms with E-state index < -0.39 is 0 Å². The second kappa shape index (κ2) is 5.39. The zero-order chi connectivity index (χ0) is 13.9. The van der Waals surface area contributed by atoms with Crippen LogP contribution in [0.4, 0.5) is 0 Å². The highest BCUT2D eigenvalue weighted by atomic mass is 16.5. The Bertz CT molecular complexity index is 717. The Morgan fingerprint density at radius 3 is 2.50 bits per heavy atom. The third kappa shape index (κ3) is 2.28. The number of aromatic nitrogens is 2. The molecular formula is C17H16N2O. The fourth-order valence-corrected chi connectivity index (χ4v) is 2.28. The number of ether oxygens (including phenoxy) is 1. The minimum Gasteiger partial charge on any atom is -0.377 e. The molecule has 1 unspecified atom stereocenters. The molecule has 0 saturated heterocycles. The van der Waals surface area contributed by atoms with Gasteiger partial charge in [-0.15, -0.1) is 0 Å². The summed E-state index contributed by atoms with van der Waals surface area (Å²) in [6.07, 6.45) is 3.71. The van der Waals surface area contributed by atoms with Crippen molar-refractivity contribution < 1.29 is 4.74 Å². The van der Waals surface area contributed by atoms with Crippen molar-refractivity contribution in [2.24, 2.45) is 0 Å². The molecule has 0 saturated carbocycles. The first-order valence-electron chi connectivity index (χ1n) is 6.62. The van der Waals surface area contributed by atoms with Crippen molar-refractivity contribution in [3.8, 4) is 11.3 Å². The number of hydrogen-bond acceptors (Lipinski definition) is 3. The van der Waals surface area contributed by atoms with Gasteiger partial charge >= 0.3 is 0 Å².